The zero-order valence-corrected chi connectivity index (χ0v) is 45.9. The zero-order valence-electron chi connectivity index (χ0n) is 45.9. The predicted molar refractivity (Wildman–Crippen MR) is 263 cm³/mol. The van der Waals surface area contributed by atoms with E-state index >= 15 is 0 Å². The Morgan fingerprint density at radius 2 is 0.918 bits per heavy atom. The Morgan fingerprint density at radius 3 is 1.41 bits per heavy atom. The molecular formula is C47H78N4O34. The van der Waals surface area contributed by atoms with Crippen LogP contribution in [0.15, 0.2) is 0 Å². The summed E-state index contributed by atoms with van der Waals surface area (Å²) in [6.45, 7) is -2.17. The molecule has 4 amide bonds. The molecule has 6 saturated heterocycles. The van der Waals surface area contributed by atoms with E-state index < -0.39 is 265 Å². The van der Waals surface area contributed by atoms with E-state index in [1.807, 2.05) is 0 Å². The van der Waals surface area contributed by atoms with Gasteiger partial charge in [0.2, 0.25) is 23.6 Å². The third kappa shape index (κ3) is 15.8. The molecule has 0 saturated carbocycles. The molecule has 1 unspecified atom stereocenters. The Balaban J connectivity index is 1.21. The van der Waals surface area contributed by atoms with Crippen LogP contribution in [0.3, 0.4) is 0 Å². The molecule has 22 N–H and O–H groups in total. The van der Waals surface area contributed by atoms with Crippen molar-refractivity contribution in [2.45, 2.75) is 224 Å². The van der Waals surface area contributed by atoms with Gasteiger partial charge in [0, 0.05) is 34.1 Å². The molecule has 38 nitrogen and oxygen atoms in total. The highest BCUT2D eigenvalue weighted by Gasteiger charge is 2.61. The molecule has 6 aliphatic rings. The van der Waals surface area contributed by atoms with Gasteiger partial charge in [-0.15, -0.1) is 0 Å². The van der Waals surface area contributed by atoms with Crippen molar-refractivity contribution in [3.8, 4) is 0 Å². The number of aliphatic hydroxyl groups excluding tert-OH is 17. The number of ether oxygens (including phenoxy) is 11. The van der Waals surface area contributed by atoms with E-state index in [4.69, 9.17) is 52.1 Å². The van der Waals surface area contributed by atoms with Gasteiger partial charge in [-0.1, -0.05) is 0 Å². The number of aliphatic carboxylic acids is 1. The lowest BCUT2D eigenvalue weighted by Gasteiger charge is -2.51. The topological polar surface area (TPSA) is 599 Å². The summed E-state index contributed by atoms with van der Waals surface area (Å²) in [4.78, 5) is 62.8. The van der Waals surface area contributed by atoms with Gasteiger partial charge in [-0.25, -0.2) is 4.79 Å². The summed E-state index contributed by atoms with van der Waals surface area (Å²) in [5.74, 6) is -8.64. The quantitative estimate of drug-likeness (QED) is 0.0452. The van der Waals surface area contributed by atoms with Crippen molar-refractivity contribution in [3.63, 3.8) is 0 Å². The van der Waals surface area contributed by atoms with Crippen LogP contribution in [-0.2, 0) is 76.1 Å². The fraction of sp³-hybridized carbons (Fsp3) is 0.894. The largest absolute Gasteiger partial charge is 0.477 e. The molecule has 0 aliphatic carbocycles. The summed E-state index contributed by atoms with van der Waals surface area (Å²) in [7, 11) is 0. The van der Waals surface area contributed by atoms with Gasteiger partial charge in [0.1, 0.15) is 140 Å². The average molecular weight is 1240 g/mol. The number of nitrogens with one attached hydrogen (secondary N) is 4. The van der Waals surface area contributed by atoms with Crippen LogP contribution in [0.1, 0.15) is 34.1 Å². The Morgan fingerprint density at radius 1 is 0.482 bits per heavy atom. The van der Waals surface area contributed by atoms with Gasteiger partial charge in [-0.2, -0.15) is 0 Å². The van der Waals surface area contributed by atoms with Crippen LogP contribution in [0.25, 0.3) is 0 Å². The molecule has 31 atom stereocenters. The number of carboxylic acid groups (broad SMARTS) is 1. The van der Waals surface area contributed by atoms with Crippen LogP contribution >= 0.6 is 0 Å². The minimum atomic E-state index is -3.19. The second-order valence-corrected chi connectivity index (χ2v) is 21.2. The fourth-order valence-corrected chi connectivity index (χ4v) is 10.7. The maximum atomic E-state index is 13.0. The van der Waals surface area contributed by atoms with Crippen molar-refractivity contribution in [1.29, 1.82) is 0 Å². The molecule has 38 heteroatoms. The van der Waals surface area contributed by atoms with E-state index in [1.165, 1.54) is 0 Å². The lowest BCUT2D eigenvalue weighted by atomic mass is 9.88. The van der Waals surface area contributed by atoms with Crippen LogP contribution in [0.4, 0.5) is 0 Å². The molecule has 490 valence electrons. The zero-order chi connectivity index (χ0) is 63.3. The van der Waals surface area contributed by atoms with Gasteiger partial charge in [0.25, 0.3) is 5.79 Å². The number of carbonyl (C=O) groups is 5. The first kappa shape index (κ1) is 70.3. The molecule has 0 spiro atoms. The molecular weight excluding hydrogens is 1160 g/mol. The SMILES string of the molecule is CC(=O)N[C@@H]1[C@H](O[C@H]2[C@@H](O)[C@@H](CO[C@@H]3O[C@H](CO)[C@@H](O[C@@H]4O[C@H](CO)[C@H](O)[C@H](O[C@]5(C(=O)O)C[C@H](O)[C@@H](NC(C)=O)[C@H]([C@H](O)[C@H](O)CO)O5)[C@H]4O)[C@H](O)[C@H]3NC(C)=O)OC(O)[C@@H]2NC(C)=O)O[C@H](CO)[C@@H](O[C@@H]2O[C@H](CO)[C@H](O)[C@H](O)[C@H]2O)[C@@H]1O. The Labute approximate surface area is 481 Å². The number of carboxylic acids is 1. The maximum absolute atomic E-state index is 13.0. The highest BCUT2D eigenvalue weighted by Crippen LogP contribution is 2.39. The van der Waals surface area contributed by atoms with Crippen molar-refractivity contribution in [2.24, 2.45) is 0 Å². The van der Waals surface area contributed by atoms with Gasteiger partial charge in [0.15, 0.2) is 31.5 Å². The first-order valence-corrected chi connectivity index (χ1v) is 26.7. The number of hydrogen-bond acceptors (Lipinski definition) is 33. The second kappa shape index (κ2) is 30.2. The minimum absolute atomic E-state index is 0.825. The molecule has 0 radical (unpaired) electrons. The smallest absolute Gasteiger partial charge is 0.364 e. The van der Waals surface area contributed by atoms with Crippen molar-refractivity contribution in [2.75, 3.05) is 39.6 Å². The van der Waals surface area contributed by atoms with Gasteiger partial charge in [-0.05, 0) is 0 Å². The molecule has 0 aromatic rings. The van der Waals surface area contributed by atoms with Crippen molar-refractivity contribution in [3.05, 3.63) is 0 Å². The highest BCUT2D eigenvalue weighted by molar-refractivity contribution is 5.77. The molecule has 0 aromatic carbocycles. The van der Waals surface area contributed by atoms with E-state index in [1.54, 1.807) is 0 Å². The van der Waals surface area contributed by atoms with Gasteiger partial charge >= 0.3 is 5.97 Å². The van der Waals surface area contributed by atoms with Crippen LogP contribution in [0, 0.1) is 0 Å². The summed E-state index contributed by atoms with van der Waals surface area (Å²) in [6.07, 6.45) is -52.6. The van der Waals surface area contributed by atoms with Gasteiger partial charge in [0.05, 0.1) is 51.8 Å². The summed E-state index contributed by atoms with van der Waals surface area (Å²) in [5, 5.41) is 204. The van der Waals surface area contributed by atoms with Crippen molar-refractivity contribution < 1.29 is 168 Å². The number of carbonyl (C=O) groups excluding carboxylic acids is 4. The Bertz CT molecular complexity index is 2210. The number of amides is 4. The Hall–Kier alpha value is -3.77. The first-order chi connectivity index (χ1) is 40.0. The molecule has 0 bridgehead atoms. The normalized spacial score (nSPS) is 45.0. The summed E-state index contributed by atoms with van der Waals surface area (Å²) in [5.41, 5.74) is 0. The molecule has 6 rings (SSSR count). The summed E-state index contributed by atoms with van der Waals surface area (Å²) in [6, 6.07) is -6.92. The monoisotopic (exact) mass is 1240 g/mol. The van der Waals surface area contributed by atoms with E-state index in [9.17, 15) is 116 Å². The molecule has 6 aliphatic heterocycles. The number of aliphatic hydroxyl groups is 17. The molecule has 85 heavy (non-hydrogen) atoms. The summed E-state index contributed by atoms with van der Waals surface area (Å²) < 4.78 is 63.3. The number of rotatable bonds is 23. The predicted octanol–water partition coefficient (Wildman–Crippen LogP) is -14.3. The third-order valence-corrected chi connectivity index (χ3v) is 15.0. The van der Waals surface area contributed by atoms with E-state index in [2.05, 4.69) is 21.3 Å². The summed E-state index contributed by atoms with van der Waals surface area (Å²) >= 11 is 0. The highest BCUT2D eigenvalue weighted by atomic mass is 16.8. The van der Waals surface area contributed by atoms with Crippen LogP contribution < -0.4 is 21.3 Å². The van der Waals surface area contributed by atoms with E-state index in [0.717, 1.165) is 27.7 Å². The standard InChI is InChI=1S/C47H78N4O34/c1-12(57)48-23-16(61)5-47(46(73)74,84-39(23)27(63)17(62)6-52)85-40-29(65)19(8-54)78-45(35(40)71)82-36-20(9-55)79-42(24(31(36)67)49-13(2)58)75-11-22-30(66)38(26(41(72)76-22)51-15(4)60)83-43-25(50-14(3)59)32(68)37(21(10-56)80-43)81-44-34(70)33(69)28(64)18(7-53)77-44/h16-45,52-56,61-72H,5-11H2,1-4H3,(H,48,57)(H,49,58)(H,50,59)(H,51,60)(H,73,74)/t16-,17+,18+,19+,20+,21+,22+,23+,24+,25-,26+,27+,28-,29-,30-,31+,32+,33-,34+,35+,36+,37+,38+,39+,40-,41?,42+,43-,44-,45-,47-/m0/s1. The minimum Gasteiger partial charge on any atom is -0.477 e. The van der Waals surface area contributed by atoms with E-state index in [0.29, 0.717) is 0 Å². The maximum Gasteiger partial charge on any atom is 0.364 e. The molecule has 6 heterocycles. The van der Waals surface area contributed by atoms with Crippen LogP contribution in [0.5, 0.6) is 0 Å². The first-order valence-electron chi connectivity index (χ1n) is 26.7. The Kier molecular flexibility index (Phi) is 24.9. The van der Waals surface area contributed by atoms with E-state index in [-0.39, 0.29) is 0 Å². The molecule has 0 aromatic heterocycles. The average Bonchev–Trinajstić information content (AvgIpc) is 3.50. The van der Waals surface area contributed by atoms with Crippen LogP contribution in [0.2, 0.25) is 0 Å². The van der Waals surface area contributed by atoms with Gasteiger partial charge in [-0.3, -0.25) is 19.2 Å². The number of hydrogen-bond donors (Lipinski definition) is 22. The second-order valence-electron chi connectivity index (χ2n) is 21.2. The van der Waals surface area contributed by atoms with Gasteiger partial charge < -0.3 is 165 Å². The molecule has 6 fully saturated rings. The fourth-order valence-electron chi connectivity index (χ4n) is 10.7. The van der Waals surface area contributed by atoms with Crippen molar-refractivity contribution in [1.82, 2.24) is 21.3 Å². The third-order valence-electron chi connectivity index (χ3n) is 15.0. The van der Waals surface area contributed by atoms with Crippen molar-refractivity contribution >= 4 is 29.6 Å². The lowest BCUT2D eigenvalue weighted by Crippen LogP contribution is -2.71. The van der Waals surface area contributed by atoms with Crippen LogP contribution in [-0.4, -0.2) is 351 Å². The lowest BCUT2D eigenvalue weighted by molar-refractivity contribution is -0.383.